The number of hydrogen-bond acceptors (Lipinski definition) is 6. The lowest BCUT2D eigenvalue weighted by Crippen LogP contribution is -2.29. The Labute approximate surface area is 245 Å². The van der Waals surface area contributed by atoms with Crippen LogP contribution < -0.4 is 10.1 Å². The van der Waals surface area contributed by atoms with Crippen molar-refractivity contribution in [2.24, 2.45) is 0 Å². The third-order valence-corrected chi connectivity index (χ3v) is 6.47. The van der Waals surface area contributed by atoms with Crippen molar-refractivity contribution < 1.29 is 28.2 Å². The van der Waals surface area contributed by atoms with Gasteiger partial charge < -0.3 is 24.5 Å². The van der Waals surface area contributed by atoms with E-state index in [1.807, 2.05) is 32.9 Å². The Hall–Kier alpha value is -4.34. The van der Waals surface area contributed by atoms with E-state index in [9.17, 15) is 14.0 Å². The van der Waals surface area contributed by atoms with E-state index in [1.54, 1.807) is 54.9 Å². The van der Waals surface area contributed by atoms with E-state index in [2.05, 4.69) is 15.3 Å². The summed E-state index contributed by atoms with van der Waals surface area (Å²) < 4.78 is 31.0. The van der Waals surface area contributed by atoms with E-state index in [0.29, 0.717) is 60.2 Å². The summed E-state index contributed by atoms with van der Waals surface area (Å²) in [7, 11) is 0. The minimum atomic E-state index is -0.363. The number of rotatable bonds is 15. The number of hydrogen-bond donors (Lipinski definition) is 2. The average Bonchev–Trinajstić information content (AvgIpc) is 3.47. The number of ether oxygens (including phenoxy) is 3. The van der Waals surface area contributed by atoms with Crippen LogP contribution >= 0.6 is 0 Å². The zero-order valence-corrected chi connectivity index (χ0v) is 24.1. The first kappa shape index (κ1) is 30.6. The number of halogens is 1. The van der Waals surface area contributed by atoms with Crippen molar-refractivity contribution in [2.45, 2.75) is 46.3 Å². The number of amides is 1. The topological polar surface area (TPSA) is 103 Å². The van der Waals surface area contributed by atoms with Gasteiger partial charge in [-0.3, -0.25) is 14.6 Å². The lowest BCUT2D eigenvalue weighted by molar-refractivity contribution is -0.138. The molecule has 0 aliphatic rings. The molecule has 0 aliphatic carbocycles. The Balaban J connectivity index is 1.31. The highest BCUT2D eigenvalue weighted by Gasteiger charge is 2.14. The molecule has 0 spiro atoms. The monoisotopic (exact) mass is 573 g/mol. The van der Waals surface area contributed by atoms with Gasteiger partial charge in [0.15, 0.2) is 6.29 Å². The normalized spacial score (nSPS) is 11.1. The summed E-state index contributed by atoms with van der Waals surface area (Å²) >= 11 is 0. The van der Waals surface area contributed by atoms with Crippen LogP contribution in [0.25, 0.3) is 11.4 Å². The van der Waals surface area contributed by atoms with Crippen LogP contribution in [0.2, 0.25) is 0 Å². The molecule has 0 atom stereocenters. The molecular weight excluding hydrogens is 537 g/mol. The number of aromatic nitrogens is 2. The van der Waals surface area contributed by atoms with Crippen molar-refractivity contribution in [1.29, 1.82) is 0 Å². The Morgan fingerprint density at radius 3 is 2.45 bits per heavy atom. The molecule has 2 aromatic heterocycles. The summed E-state index contributed by atoms with van der Waals surface area (Å²) in [5, 5.41) is 2.89. The van der Waals surface area contributed by atoms with Crippen LogP contribution in [-0.4, -0.2) is 47.7 Å². The molecule has 0 radical (unpaired) electrons. The lowest BCUT2D eigenvalue weighted by Gasteiger charge is -2.16. The summed E-state index contributed by atoms with van der Waals surface area (Å²) in [6.07, 6.45) is 3.73. The zero-order chi connectivity index (χ0) is 29.9. The van der Waals surface area contributed by atoms with Crippen LogP contribution in [0.15, 0.2) is 73.1 Å². The Morgan fingerprint density at radius 2 is 1.71 bits per heavy atom. The molecule has 4 aromatic rings. The number of nitrogens with one attached hydrogen (secondary N) is 2. The molecule has 0 saturated carbocycles. The van der Waals surface area contributed by atoms with Gasteiger partial charge in [-0.25, -0.2) is 4.39 Å². The number of nitrogens with zero attached hydrogens (tertiary/aromatic N) is 1. The quantitative estimate of drug-likeness (QED) is 0.165. The van der Waals surface area contributed by atoms with Gasteiger partial charge >= 0.3 is 0 Å². The highest BCUT2D eigenvalue weighted by Crippen LogP contribution is 2.26. The molecule has 0 saturated heterocycles. The Morgan fingerprint density at radius 1 is 0.952 bits per heavy atom. The van der Waals surface area contributed by atoms with Gasteiger partial charge in [0, 0.05) is 57.5 Å². The van der Waals surface area contributed by atoms with Crippen LogP contribution in [0.1, 0.15) is 47.3 Å². The first-order valence-corrected chi connectivity index (χ1v) is 14.0. The second-order valence-corrected chi connectivity index (χ2v) is 9.80. The van der Waals surface area contributed by atoms with Crippen LogP contribution in [0, 0.1) is 12.7 Å². The maximum absolute atomic E-state index is 14.0. The number of aryl methyl sites for hydroxylation is 1. The van der Waals surface area contributed by atoms with Gasteiger partial charge in [-0.05, 0) is 62.2 Å². The number of Topliss-reactive ketones (excluding diaryl/α,β-unsaturated/α-hetero) is 1. The standard InChI is InChI=1S/C33H36FN3O5/c1-4-40-32(41-5-2)13-15-36-33(39)25-19-30(37-21-25)31-20-28(12-14-35-31)42-27-9-7-23(8-10-27)17-26(38)18-24-16-22(3)6-11-29(24)34/h6-12,14,16,19-21,32,37H,4-5,13,15,17-18H2,1-3H3,(H,36,39). The molecule has 2 N–H and O–H groups in total. The molecule has 9 heteroatoms. The van der Waals surface area contributed by atoms with Gasteiger partial charge in [0.1, 0.15) is 23.1 Å². The third kappa shape index (κ3) is 8.83. The average molecular weight is 574 g/mol. The molecular formula is C33H36FN3O5. The molecule has 8 nitrogen and oxygen atoms in total. The number of ketones is 1. The van der Waals surface area contributed by atoms with Gasteiger partial charge in [-0.15, -0.1) is 0 Å². The molecule has 2 heterocycles. The van der Waals surface area contributed by atoms with Crippen molar-refractivity contribution in [1.82, 2.24) is 15.3 Å². The molecule has 2 aromatic carbocycles. The van der Waals surface area contributed by atoms with Gasteiger partial charge in [-0.1, -0.05) is 29.8 Å². The van der Waals surface area contributed by atoms with Crippen molar-refractivity contribution in [2.75, 3.05) is 19.8 Å². The van der Waals surface area contributed by atoms with Crippen molar-refractivity contribution in [3.05, 3.63) is 101 Å². The van der Waals surface area contributed by atoms with E-state index in [4.69, 9.17) is 14.2 Å². The van der Waals surface area contributed by atoms with Crippen molar-refractivity contribution in [3.8, 4) is 22.9 Å². The fourth-order valence-electron chi connectivity index (χ4n) is 4.44. The molecule has 1 amide bonds. The van der Waals surface area contributed by atoms with E-state index in [1.165, 1.54) is 6.07 Å². The number of benzene rings is 2. The van der Waals surface area contributed by atoms with Crippen LogP contribution in [0.5, 0.6) is 11.5 Å². The second-order valence-electron chi connectivity index (χ2n) is 9.80. The minimum absolute atomic E-state index is 0.0516. The predicted octanol–water partition coefficient (Wildman–Crippen LogP) is 6.19. The summed E-state index contributed by atoms with van der Waals surface area (Å²) in [4.78, 5) is 32.6. The van der Waals surface area contributed by atoms with Crippen LogP contribution in [-0.2, 0) is 27.1 Å². The molecule has 4 rings (SSSR count). The van der Waals surface area contributed by atoms with Crippen LogP contribution in [0.4, 0.5) is 4.39 Å². The lowest BCUT2D eigenvalue weighted by atomic mass is 10.0. The maximum atomic E-state index is 14.0. The Kier molecular flexibility index (Phi) is 11.0. The smallest absolute Gasteiger partial charge is 0.252 e. The van der Waals surface area contributed by atoms with Crippen molar-refractivity contribution in [3.63, 3.8) is 0 Å². The van der Waals surface area contributed by atoms with E-state index in [0.717, 1.165) is 11.1 Å². The number of H-pyrrole nitrogens is 1. The highest BCUT2D eigenvalue weighted by atomic mass is 19.1. The molecule has 0 fully saturated rings. The molecule has 0 aliphatic heterocycles. The minimum Gasteiger partial charge on any atom is -0.457 e. The third-order valence-electron chi connectivity index (χ3n) is 6.47. The number of carbonyl (C=O) groups excluding carboxylic acids is 2. The van der Waals surface area contributed by atoms with Crippen LogP contribution in [0.3, 0.4) is 0 Å². The van der Waals surface area contributed by atoms with E-state index < -0.39 is 0 Å². The van der Waals surface area contributed by atoms with Gasteiger partial charge in [0.05, 0.1) is 17.0 Å². The first-order chi connectivity index (χ1) is 20.3. The number of aromatic amines is 1. The molecule has 0 bridgehead atoms. The summed E-state index contributed by atoms with van der Waals surface area (Å²) in [5.41, 5.74) is 3.92. The fraction of sp³-hybridized carbons (Fsp3) is 0.303. The van der Waals surface area contributed by atoms with E-state index >= 15 is 0 Å². The zero-order valence-electron chi connectivity index (χ0n) is 24.1. The van der Waals surface area contributed by atoms with E-state index in [-0.39, 0.29) is 36.6 Å². The highest BCUT2D eigenvalue weighted by molar-refractivity contribution is 5.95. The van der Waals surface area contributed by atoms with Crippen molar-refractivity contribution >= 4 is 11.7 Å². The first-order valence-electron chi connectivity index (χ1n) is 14.0. The van der Waals surface area contributed by atoms with Gasteiger partial charge in [-0.2, -0.15) is 0 Å². The van der Waals surface area contributed by atoms with Gasteiger partial charge in [0.2, 0.25) is 0 Å². The Bertz CT molecular complexity index is 1480. The predicted molar refractivity (Wildman–Crippen MR) is 158 cm³/mol. The summed E-state index contributed by atoms with van der Waals surface area (Å²) in [5.74, 6) is 0.525. The largest absolute Gasteiger partial charge is 0.457 e. The SMILES string of the molecule is CCOC(CCNC(=O)c1c[nH]c(-c2cc(Oc3ccc(CC(=O)Cc4cc(C)ccc4F)cc3)ccn2)c1)OCC. The number of pyridine rings is 1. The molecule has 42 heavy (non-hydrogen) atoms. The molecule has 220 valence electrons. The maximum Gasteiger partial charge on any atom is 0.252 e. The van der Waals surface area contributed by atoms with Gasteiger partial charge in [0.25, 0.3) is 5.91 Å². The second kappa shape index (κ2) is 15.0. The summed E-state index contributed by atoms with van der Waals surface area (Å²) in [6, 6.07) is 17.3. The fourth-order valence-corrected chi connectivity index (χ4v) is 4.44. The summed E-state index contributed by atoms with van der Waals surface area (Å²) in [6.45, 7) is 7.18. The molecule has 0 unspecified atom stereocenters. The number of carbonyl (C=O) groups is 2.